The predicted molar refractivity (Wildman–Crippen MR) is 76.0 cm³/mol. The second-order valence-electron chi connectivity index (χ2n) is 4.16. The highest BCUT2D eigenvalue weighted by Crippen LogP contribution is 2.27. The van der Waals surface area contributed by atoms with Gasteiger partial charge in [0.2, 0.25) is 0 Å². The molecule has 1 saturated heterocycles. The Balaban J connectivity index is 2.38. The van der Waals surface area contributed by atoms with Crippen LogP contribution in [0.15, 0.2) is 19.9 Å². The van der Waals surface area contributed by atoms with Crippen molar-refractivity contribution in [3.63, 3.8) is 0 Å². The van der Waals surface area contributed by atoms with Crippen LogP contribution in [0.1, 0.15) is 18.2 Å². The van der Waals surface area contributed by atoms with Crippen LogP contribution in [0.2, 0.25) is 0 Å². The van der Waals surface area contributed by atoms with Crippen LogP contribution in [0.4, 0.5) is 0 Å². The summed E-state index contributed by atoms with van der Waals surface area (Å²) < 4.78 is 8.24. The molecule has 1 aliphatic rings. The van der Waals surface area contributed by atoms with E-state index in [1.165, 1.54) is 10.8 Å². The molecule has 1 aromatic heterocycles. The second kappa shape index (κ2) is 5.99. The topological polar surface area (TPSA) is 105 Å². The summed E-state index contributed by atoms with van der Waals surface area (Å²) in [4.78, 5) is 25.5. The molecule has 1 fully saturated rings. The first-order chi connectivity index (χ1) is 9.06. The number of aliphatic hydroxyl groups is 2. The summed E-state index contributed by atoms with van der Waals surface area (Å²) in [7, 11) is 0. The van der Waals surface area contributed by atoms with E-state index in [1.54, 1.807) is 10.2 Å². The van der Waals surface area contributed by atoms with Gasteiger partial charge in [-0.25, -0.2) is 4.79 Å². The predicted octanol–water partition coefficient (Wildman–Crippen LogP) is -0.417. The molecule has 0 aliphatic carbocycles. The lowest BCUT2D eigenvalue weighted by Crippen LogP contribution is -2.33. The Kier molecular flexibility index (Phi) is 4.55. The fourth-order valence-corrected chi connectivity index (χ4v) is 2.34. The number of aromatic nitrogens is 2. The lowest BCUT2D eigenvalue weighted by atomic mass is 10.2. The summed E-state index contributed by atoms with van der Waals surface area (Å²) in [6.45, 7) is -0.323. The lowest BCUT2D eigenvalue weighted by Gasteiger charge is -2.14. The third-order valence-electron chi connectivity index (χ3n) is 2.93. The van der Waals surface area contributed by atoms with Gasteiger partial charge in [0.05, 0.1) is 18.3 Å². The molecule has 0 spiro atoms. The van der Waals surface area contributed by atoms with Crippen molar-refractivity contribution in [1.82, 2.24) is 9.55 Å². The van der Waals surface area contributed by atoms with Crippen LogP contribution in [0, 0.1) is 0 Å². The van der Waals surface area contributed by atoms with Crippen molar-refractivity contribution in [2.24, 2.45) is 0 Å². The number of nitrogens with one attached hydrogen (secondary N) is 1. The summed E-state index contributed by atoms with van der Waals surface area (Å²) in [5.41, 5.74) is -0.766. The molecule has 2 rings (SSSR count). The largest absolute Gasteiger partial charge is 0.394 e. The van der Waals surface area contributed by atoms with E-state index in [-0.39, 0.29) is 13.0 Å². The number of H-pyrrole nitrogens is 1. The molecule has 8 heteroatoms. The molecule has 7 nitrogen and oxygen atoms in total. The van der Waals surface area contributed by atoms with Crippen LogP contribution < -0.4 is 11.2 Å². The molecule has 0 amide bonds. The van der Waals surface area contributed by atoms with Gasteiger partial charge >= 0.3 is 5.69 Å². The maximum Gasteiger partial charge on any atom is 0.330 e. The molecule has 0 aromatic carbocycles. The van der Waals surface area contributed by atoms with E-state index in [1.807, 2.05) is 22.6 Å². The van der Waals surface area contributed by atoms with Crippen molar-refractivity contribution in [1.29, 1.82) is 0 Å². The molecule has 0 bridgehead atoms. The quantitative estimate of drug-likeness (QED) is 0.620. The number of halogens is 1. The van der Waals surface area contributed by atoms with Crippen LogP contribution in [-0.4, -0.2) is 38.6 Å². The minimum atomic E-state index is -0.836. The highest BCUT2D eigenvalue weighted by molar-refractivity contribution is 14.1. The molecule has 1 aromatic rings. The van der Waals surface area contributed by atoms with Crippen molar-refractivity contribution in [3.05, 3.63) is 36.7 Å². The number of aromatic amines is 1. The fraction of sp³-hybridized carbons (Fsp3) is 0.455. The van der Waals surface area contributed by atoms with E-state index in [0.717, 1.165) is 0 Å². The van der Waals surface area contributed by atoms with Crippen LogP contribution in [0.5, 0.6) is 0 Å². The monoisotopic (exact) mass is 378 g/mol. The number of hydrogen-bond acceptors (Lipinski definition) is 5. The van der Waals surface area contributed by atoms with Crippen molar-refractivity contribution in [2.45, 2.75) is 24.9 Å². The standard InChI is InChI=1S/C11H13IN2O5/c12-2-1-6-4-14(11(18)13-10(6)17)9-3-7(16)8(5-15)19-9/h1-2,4,7-9,15-16H,3,5H2,(H,13,17,18)/b2-1+/t7-,8+,9+/m0/s1/i12-2. The van der Waals surface area contributed by atoms with Gasteiger partial charge in [0.1, 0.15) is 12.3 Å². The molecule has 19 heavy (non-hydrogen) atoms. The van der Waals surface area contributed by atoms with Gasteiger partial charge in [0, 0.05) is 12.6 Å². The molecule has 3 atom stereocenters. The maximum absolute atomic E-state index is 11.7. The first-order valence-electron chi connectivity index (χ1n) is 5.63. The summed E-state index contributed by atoms with van der Waals surface area (Å²) in [5, 5.41) is 18.7. The molecule has 0 radical (unpaired) electrons. The first-order valence-corrected chi connectivity index (χ1v) is 6.88. The average Bonchev–Trinajstić information content (AvgIpc) is 2.74. The summed E-state index contributed by atoms with van der Waals surface area (Å²) in [6.07, 6.45) is 0.880. The van der Waals surface area contributed by atoms with Gasteiger partial charge in [-0.15, -0.1) is 0 Å². The molecule has 0 saturated carbocycles. The second-order valence-corrected chi connectivity index (χ2v) is 4.88. The van der Waals surface area contributed by atoms with E-state index in [4.69, 9.17) is 9.84 Å². The number of rotatable bonds is 3. The summed E-state index contributed by atoms with van der Waals surface area (Å²) in [6, 6.07) is 0. The van der Waals surface area contributed by atoms with E-state index in [2.05, 4.69) is 4.98 Å². The summed E-state index contributed by atoms with van der Waals surface area (Å²) in [5.74, 6) is 0. The number of nitrogens with zero attached hydrogens (tertiary/aromatic N) is 1. The minimum absolute atomic E-state index is 0.185. The van der Waals surface area contributed by atoms with Gasteiger partial charge in [-0.05, 0) is 10.2 Å². The van der Waals surface area contributed by atoms with Crippen molar-refractivity contribution < 1.29 is 14.9 Å². The SMILES string of the molecule is O=c1[nH]c(=O)n([C@H]2C[C@H](O)[C@@H](CO)O2)cc1/C=C/[125I]. The maximum atomic E-state index is 11.7. The van der Waals surface area contributed by atoms with E-state index < -0.39 is 29.7 Å². The zero-order valence-corrected chi connectivity index (χ0v) is 12.0. The van der Waals surface area contributed by atoms with E-state index in [9.17, 15) is 14.7 Å². The van der Waals surface area contributed by atoms with E-state index >= 15 is 0 Å². The zero-order valence-electron chi connectivity index (χ0n) is 9.82. The van der Waals surface area contributed by atoms with Crippen LogP contribution in [0.25, 0.3) is 6.08 Å². The molecule has 3 N–H and O–H groups in total. The Labute approximate surface area is 121 Å². The van der Waals surface area contributed by atoms with Gasteiger partial charge in [0.25, 0.3) is 5.56 Å². The number of ether oxygens (including phenoxy) is 1. The third-order valence-corrected chi connectivity index (χ3v) is 3.29. The molecular weight excluding hydrogens is 365 g/mol. The number of hydrogen-bond donors (Lipinski definition) is 3. The van der Waals surface area contributed by atoms with Crippen LogP contribution >= 0.6 is 22.6 Å². The Morgan fingerprint density at radius 1 is 1.58 bits per heavy atom. The van der Waals surface area contributed by atoms with Crippen molar-refractivity contribution >= 4 is 28.7 Å². The fourth-order valence-electron chi connectivity index (χ4n) is 1.95. The normalized spacial score (nSPS) is 27.2. The highest BCUT2D eigenvalue weighted by atomic mass is 125. The molecule has 1 aliphatic heterocycles. The zero-order chi connectivity index (χ0) is 14.0. The van der Waals surface area contributed by atoms with Crippen LogP contribution in [0.3, 0.4) is 0 Å². The van der Waals surface area contributed by atoms with Crippen LogP contribution in [-0.2, 0) is 4.74 Å². The van der Waals surface area contributed by atoms with Gasteiger partial charge in [-0.3, -0.25) is 14.3 Å². The smallest absolute Gasteiger partial charge is 0.330 e. The summed E-state index contributed by atoms with van der Waals surface area (Å²) >= 11 is 1.96. The molecule has 104 valence electrons. The Morgan fingerprint density at radius 3 is 2.89 bits per heavy atom. The van der Waals surface area contributed by atoms with Crippen molar-refractivity contribution in [3.8, 4) is 0 Å². The molecular formula is C11H13IN2O5. The Bertz CT molecular complexity index is 593. The Morgan fingerprint density at radius 2 is 2.32 bits per heavy atom. The Hall–Kier alpha value is -0.970. The van der Waals surface area contributed by atoms with Crippen molar-refractivity contribution in [2.75, 3.05) is 6.61 Å². The van der Waals surface area contributed by atoms with Gasteiger partial charge < -0.3 is 14.9 Å². The third kappa shape index (κ3) is 2.96. The minimum Gasteiger partial charge on any atom is -0.394 e. The van der Waals surface area contributed by atoms with Gasteiger partial charge in [0.15, 0.2) is 0 Å². The van der Waals surface area contributed by atoms with Gasteiger partial charge in [-0.1, -0.05) is 22.6 Å². The first kappa shape index (κ1) is 14.4. The molecule has 0 unspecified atom stereocenters. The molecule has 2 heterocycles. The highest BCUT2D eigenvalue weighted by Gasteiger charge is 2.35. The average molecular weight is 378 g/mol. The lowest BCUT2D eigenvalue weighted by molar-refractivity contribution is -0.0459. The van der Waals surface area contributed by atoms with Gasteiger partial charge in [-0.2, -0.15) is 0 Å². The van der Waals surface area contributed by atoms with E-state index in [0.29, 0.717) is 5.56 Å². The number of aliphatic hydroxyl groups excluding tert-OH is 2.